The highest BCUT2D eigenvalue weighted by Crippen LogP contribution is 2.17. The number of nitrogens with one attached hydrogen (secondary N) is 2. The van der Waals surface area contributed by atoms with Crippen molar-refractivity contribution in [1.82, 2.24) is 10.6 Å². The topological polar surface area (TPSA) is 50.4 Å². The van der Waals surface area contributed by atoms with E-state index in [1.165, 1.54) is 12.1 Å². The average Bonchev–Trinajstić information content (AvgIpc) is 2.40. The van der Waals surface area contributed by atoms with Crippen LogP contribution >= 0.6 is 15.9 Å². The Kier molecular flexibility index (Phi) is 4.68. The lowest BCUT2D eigenvalue weighted by Gasteiger charge is -2.23. The average molecular weight is 317 g/mol. The molecule has 1 saturated heterocycles. The lowest BCUT2D eigenvalue weighted by atomic mass is 10.2. The first kappa shape index (κ1) is 13.5. The summed E-state index contributed by atoms with van der Waals surface area (Å²) < 4.78 is 19.0. The summed E-state index contributed by atoms with van der Waals surface area (Å²) in [5, 5.41) is 5.82. The number of amides is 1. The second kappa shape index (κ2) is 6.26. The minimum Gasteiger partial charge on any atom is -0.378 e. The maximum Gasteiger partial charge on any atom is 0.239 e. The second-order valence-corrected chi connectivity index (χ2v) is 4.89. The Morgan fingerprint density at radius 1 is 1.61 bits per heavy atom. The molecule has 1 aromatic rings. The van der Waals surface area contributed by atoms with Gasteiger partial charge in [0.1, 0.15) is 11.9 Å². The molecule has 2 rings (SSSR count). The van der Waals surface area contributed by atoms with Crippen LogP contribution in [-0.4, -0.2) is 31.7 Å². The molecule has 1 heterocycles. The van der Waals surface area contributed by atoms with E-state index in [-0.39, 0.29) is 24.3 Å². The van der Waals surface area contributed by atoms with Crippen LogP contribution in [0.15, 0.2) is 22.7 Å². The van der Waals surface area contributed by atoms with Gasteiger partial charge in [-0.05, 0) is 23.8 Å². The van der Waals surface area contributed by atoms with Crippen LogP contribution in [0.4, 0.5) is 4.39 Å². The van der Waals surface area contributed by atoms with Gasteiger partial charge in [0.05, 0.1) is 13.2 Å². The van der Waals surface area contributed by atoms with E-state index in [1.54, 1.807) is 6.07 Å². The summed E-state index contributed by atoms with van der Waals surface area (Å²) in [6, 6.07) is 4.06. The van der Waals surface area contributed by atoms with Gasteiger partial charge in [0.25, 0.3) is 0 Å². The third-order valence-electron chi connectivity index (χ3n) is 2.70. The van der Waals surface area contributed by atoms with E-state index < -0.39 is 0 Å². The maximum absolute atomic E-state index is 13.1. The molecule has 2 N–H and O–H groups in total. The van der Waals surface area contributed by atoms with Crippen LogP contribution in [0, 0.1) is 5.82 Å². The molecule has 1 aromatic carbocycles. The lowest BCUT2D eigenvalue weighted by Crippen LogP contribution is -2.51. The van der Waals surface area contributed by atoms with Crippen LogP contribution in [0.1, 0.15) is 5.56 Å². The number of ether oxygens (including phenoxy) is 1. The van der Waals surface area contributed by atoms with Crippen LogP contribution in [-0.2, 0) is 16.1 Å². The number of carbonyl (C=O) groups excluding carboxylic acids is 1. The Hall–Kier alpha value is -0.980. The zero-order valence-corrected chi connectivity index (χ0v) is 11.3. The molecule has 0 spiro atoms. The molecule has 1 unspecified atom stereocenters. The number of rotatable bonds is 3. The van der Waals surface area contributed by atoms with Crippen molar-refractivity contribution in [3.05, 3.63) is 34.1 Å². The third-order valence-corrected chi connectivity index (χ3v) is 3.47. The van der Waals surface area contributed by atoms with Crippen molar-refractivity contribution in [3.8, 4) is 0 Å². The van der Waals surface area contributed by atoms with Gasteiger partial charge < -0.3 is 15.4 Å². The zero-order chi connectivity index (χ0) is 13.0. The second-order valence-electron chi connectivity index (χ2n) is 4.04. The monoisotopic (exact) mass is 316 g/mol. The molecule has 98 valence electrons. The summed E-state index contributed by atoms with van der Waals surface area (Å²) in [4.78, 5) is 11.8. The molecule has 1 aliphatic heterocycles. The quantitative estimate of drug-likeness (QED) is 0.881. The highest BCUT2D eigenvalue weighted by molar-refractivity contribution is 9.10. The van der Waals surface area contributed by atoms with Gasteiger partial charge in [0.15, 0.2) is 0 Å². The van der Waals surface area contributed by atoms with E-state index in [1.807, 2.05) is 0 Å². The molecule has 0 aromatic heterocycles. The number of halogens is 2. The SMILES string of the molecule is O=C(NCc1cc(F)ccc1Br)C1COCCN1. The number of benzene rings is 1. The van der Waals surface area contributed by atoms with Crippen molar-refractivity contribution in [2.75, 3.05) is 19.8 Å². The standard InChI is InChI=1S/C12H14BrFN2O2/c13-10-2-1-9(14)5-8(10)6-16-12(17)11-7-18-4-3-15-11/h1-2,5,11,15H,3-4,6-7H2,(H,16,17). The van der Waals surface area contributed by atoms with Gasteiger partial charge in [-0.1, -0.05) is 15.9 Å². The van der Waals surface area contributed by atoms with Crippen LogP contribution < -0.4 is 10.6 Å². The van der Waals surface area contributed by atoms with Crippen molar-refractivity contribution in [2.24, 2.45) is 0 Å². The highest BCUT2D eigenvalue weighted by atomic mass is 79.9. The fourth-order valence-electron chi connectivity index (χ4n) is 1.72. The van der Waals surface area contributed by atoms with E-state index >= 15 is 0 Å². The summed E-state index contributed by atoms with van der Waals surface area (Å²) in [5.41, 5.74) is 0.708. The fraction of sp³-hybridized carbons (Fsp3) is 0.417. The number of morpholine rings is 1. The Labute approximate surface area is 113 Å². The van der Waals surface area contributed by atoms with E-state index in [0.717, 1.165) is 4.47 Å². The number of carbonyl (C=O) groups is 1. The molecule has 1 amide bonds. The predicted molar refractivity (Wildman–Crippen MR) is 68.6 cm³/mol. The Balaban J connectivity index is 1.90. The van der Waals surface area contributed by atoms with Crippen LogP contribution in [0.5, 0.6) is 0 Å². The van der Waals surface area contributed by atoms with Crippen LogP contribution in [0.25, 0.3) is 0 Å². The zero-order valence-electron chi connectivity index (χ0n) is 9.71. The van der Waals surface area contributed by atoms with E-state index in [9.17, 15) is 9.18 Å². The molecule has 6 heteroatoms. The van der Waals surface area contributed by atoms with Crippen molar-refractivity contribution >= 4 is 21.8 Å². The predicted octanol–water partition coefficient (Wildman–Crippen LogP) is 1.19. The molecular formula is C12H14BrFN2O2. The molecule has 18 heavy (non-hydrogen) atoms. The Bertz CT molecular complexity index is 436. The van der Waals surface area contributed by atoms with Gasteiger partial charge in [-0.3, -0.25) is 4.79 Å². The number of hydrogen-bond donors (Lipinski definition) is 2. The summed E-state index contributed by atoms with van der Waals surface area (Å²) in [6.45, 7) is 1.95. The van der Waals surface area contributed by atoms with Crippen LogP contribution in [0.2, 0.25) is 0 Å². The molecule has 4 nitrogen and oxygen atoms in total. The summed E-state index contributed by atoms with van der Waals surface area (Å²) in [7, 11) is 0. The first-order valence-corrected chi connectivity index (χ1v) is 6.49. The van der Waals surface area contributed by atoms with Crippen molar-refractivity contribution in [2.45, 2.75) is 12.6 Å². The Morgan fingerprint density at radius 2 is 2.44 bits per heavy atom. The lowest BCUT2D eigenvalue weighted by molar-refractivity contribution is -0.126. The van der Waals surface area contributed by atoms with Gasteiger partial charge in [-0.2, -0.15) is 0 Å². The van der Waals surface area contributed by atoms with Gasteiger partial charge in [-0.25, -0.2) is 4.39 Å². The summed E-state index contributed by atoms with van der Waals surface area (Å²) in [6.07, 6.45) is 0. The first-order chi connectivity index (χ1) is 8.66. The Morgan fingerprint density at radius 3 is 3.17 bits per heavy atom. The molecule has 0 radical (unpaired) electrons. The smallest absolute Gasteiger partial charge is 0.239 e. The first-order valence-electron chi connectivity index (χ1n) is 5.69. The third kappa shape index (κ3) is 3.51. The normalized spacial score (nSPS) is 19.6. The van der Waals surface area contributed by atoms with Gasteiger partial charge in [0, 0.05) is 17.6 Å². The summed E-state index contributed by atoms with van der Waals surface area (Å²) in [5.74, 6) is -0.451. The van der Waals surface area contributed by atoms with Crippen molar-refractivity contribution in [1.29, 1.82) is 0 Å². The van der Waals surface area contributed by atoms with Crippen molar-refractivity contribution < 1.29 is 13.9 Å². The van der Waals surface area contributed by atoms with Crippen molar-refractivity contribution in [3.63, 3.8) is 0 Å². The molecular weight excluding hydrogens is 303 g/mol. The minimum atomic E-state index is -0.328. The van der Waals surface area contributed by atoms with Gasteiger partial charge >= 0.3 is 0 Å². The number of hydrogen-bond acceptors (Lipinski definition) is 3. The van der Waals surface area contributed by atoms with E-state index in [4.69, 9.17) is 4.74 Å². The van der Waals surface area contributed by atoms with Gasteiger partial charge in [-0.15, -0.1) is 0 Å². The molecule has 1 fully saturated rings. The van der Waals surface area contributed by atoms with Crippen LogP contribution in [0.3, 0.4) is 0 Å². The minimum absolute atomic E-state index is 0.133. The molecule has 0 aliphatic carbocycles. The molecule has 1 aliphatic rings. The fourth-order valence-corrected chi connectivity index (χ4v) is 2.10. The van der Waals surface area contributed by atoms with E-state index in [0.29, 0.717) is 25.3 Å². The largest absolute Gasteiger partial charge is 0.378 e. The molecule has 1 atom stereocenters. The highest BCUT2D eigenvalue weighted by Gasteiger charge is 2.20. The maximum atomic E-state index is 13.1. The van der Waals surface area contributed by atoms with Gasteiger partial charge in [0.2, 0.25) is 5.91 Å². The molecule has 0 bridgehead atoms. The summed E-state index contributed by atoms with van der Waals surface area (Å²) >= 11 is 3.32. The van der Waals surface area contributed by atoms with E-state index in [2.05, 4.69) is 26.6 Å². The molecule has 0 saturated carbocycles.